The molecule has 1 aliphatic rings. The zero-order chi connectivity index (χ0) is 13.8. The molecule has 1 atom stereocenters. The molecule has 1 unspecified atom stereocenters. The fourth-order valence-corrected chi connectivity index (χ4v) is 2.06. The Bertz CT molecular complexity index is 310. The molecule has 1 fully saturated rings. The Morgan fingerprint density at radius 3 is 2.72 bits per heavy atom. The molecule has 1 rings (SSSR count). The maximum atomic E-state index is 11.7. The Morgan fingerprint density at radius 1 is 1.56 bits per heavy atom. The molecule has 0 spiro atoms. The second-order valence-corrected chi connectivity index (χ2v) is 5.90. The number of hydrogen-bond donors (Lipinski definition) is 2. The van der Waals surface area contributed by atoms with Gasteiger partial charge in [-0.05, 0) is 33.6 Å². The van der Waals surface area contributed by atoms with Crippen molar-refractivity contribution in [1.29, 1.82) is 0 Å². The van der Waals surface area contributed by atoms with Crippen molar-refractivity contribution in [3.8, 4) is 0 Å². The predicted octanol–water partition coefficient (Wildman–Crippen LogP) is 0.631. The van der Waals surface area contributed by atoms with Crippen molar-refractivity contribution in [3.63, 3.8) is 0 Å². The van der Waals surface area contributed by atoms with Gasteiger partial charge in [-0.15, -0.1) is 0 Å². The van der Waals surface area contributed by atoms with Crippen LogP contribution in [0, 0.1) is 0 Å². The summed E-state index contributed by atoms with van der Waals surface area (Å²) in [5, 5.41) is 2.91. The van der Waals surface area contributed by atoms with Gasteiger partial charge in [-0.25, -0.2) is 0 Å². The number of nitrogens with one attached hydrogen (secondary N) is 1. The average Bonchev–Trinajstić information content (AvgIpc) is 2.60. The van der Waals surface area contributed by atoms with E-state index in [2.05, 4.69) is 5.32 Å². The molecular weight excluding hydrogens is 230 g/mol. The van der Waals surface area contributed by atoms with Crippen LogP contribution in [0.15, 0.2) is 0 Å². The molecule has 0 aliphatic carbocycles. The summed E-state index contributed by atoms with van der Waals surface area (Å²) in [4.78, 5) is 25.0. The highest BCUT2D eigenvalue weighted by atomic mass is 16.2. The van der Waals surface area contributed by atoms with Crippen LogP contribution < -0.4 is 11.1 Å². The van der Waals surface area contributed by atoms with Crippen molar-refractivity contribution in [2.24, 2.45) is 5.73 Å². The molecule has 0 aromatic carbocycles. The zero-order valence-corrected chi connectivity index (χ0v) is 11.7. The summed E-state index contributed by atoms with van der Waals surface area (Å²) in [6.45, 7) is 7.17. The summed E-state index contributed by atoms with van der Waals surface area (Å²) in [6, 6.07) is 0.000404. The quantitative estimate of drug-likeness (QED) is 0.731. The van der Waals surface area contributed by atoms with Crippen LogP contribution >= 0.6 is 0 Å². The standard InChI is InChI=1S/C13H25N3O2/c1-10(9-16-8-4-5-12(16)18)15-11(17)6-7-13(2,3)14/h10H,4-9,14H2,1-3H3,(H,15,17). The fraction of sp³-hybridized carbons (Fsp3) is 0.846. The topological polar surface area (TPSA) is 75.4 Å². The molecular formula is C13H25N3O2. The van der Waals surface area contributed by atoms with Crippen molar-refractivity contribution in [2.75, 3.05) is 13.1 Å². The zero-order valence-electron chi connectivity index (χ0n) is 11.7. The molecule has 0 saturated carbocycles. The van der Waals surface area contributed by atoms with Crippen LogP contribution in [-0.4, -0.2) is 41.4 Å². The third-order valence-corrected chi connectivity index (χ3v) is 3.07. The molecule has 3 N–H and O–H groups in total. The van der Waals surface area contributed by atoms with Crippen LogP contribution in [0.2, 0.25) is 0 Å². The molecule has 1 aliphatic heterocycles. The maximum absolute atomic E-state index is 11.7. The SMILES string of the molecule is CC(CN1CCCC1=O)NC(=O)CCC(C)(C)N. The van der Waals surface area contributed by atoms with Gasteiger partial charge in [-0.1, -0.05) is 0 Å². The normalized spacial score (nSPS) is 18.0. The van der Waals surface area contributed by atoms with Gasteiger partial charge in [0.25, 0.3) is 0 Å². The Morgan fingerprint density at radius 2 is 2.22 bits per heavy atom. The van der Waals surface area contributed by atoms with Crippen molar-refractivity contribution in [1.82, 2.24) is 10.2 Å². The van der Waals surface area contributed by atoms with Gasteiger partial charge in [0.2, 0.25) is 11.8 Å². The predicted molar refractivity (Wildman–Crippen MR) is 70.9 cm³/mol. The van der Waals surface area contributed by atoms with Crippen LogP contribution in [0.1, 0.15) is 46.5 Å². The van der Waals surface area contributed by atoms with Crippen LogP contribution in [0.3, 0.4) is 0 Å². The minimum atomic E-state index is -0.314. The lowest BCUT2D eigenvalue weighted by Crippen LogP contribution is -2.43. The third kappa shape index (κ3) is 5.49. The smallest absolute Gasteiger partial charge is 0.222 e. The Hall–Kier alpha value is -1.10. The number of amides is 2. The van der Waals surface area contributed by atoms with Gasteiger partial charge in [0.15, 0.2) is 0 Å². The first-order valence-corrected chi connectivity index (χ1v) is 6.64. The molecule has 18 heavy (non-hydrogen) atoms. The number of nitrogens with zero attached hydrogens (tertiary/aromatic N) is 1. The van der Waals surface area contributed by atoms with E-state index in [1.165, 1.54) is 0 Å². The van der Waals surface area contributed by atoms with E-state index < -0.39 is 0 Å². The highest BCUT2D eigenvalue weighted by Gasteiger charge is 2.22. The minimum Gasteiger partial charge on any atom is -0.352 e. The molecule has 5 nitrogen and oxygen atoms in total. The lowest BCUT2D eigenvalue weighted by atomic mass is 10.00. The molecule has 104 valence electrons. The van der Waals surface area contributed by atoms with Gasteiger partial charge >= 0.3 is 0 Å². The monoisotopic (exact) mass is 255 g/mol. The van der Waals surface area contributed by atoms with E-state index in [4.69, 9.17) is 5.73 Å². The van der Waals surface area contributed by atoms with Crippen LogP contribution in [0.4, 0.5) is 0 Å². The first-order chi connectivity index (χ1) is 8.28. The molecule has 0 aromatic rings. The molecule has 2 amide bonds. The van der Waals surface area contributed by atoms with Crippen LogP contribution in [-0.2, 0) is 9.59 Å². The summed E-state index contributed by atoms with van der Waals surface area (Å²) < 4.78 is 0. The molecule has 0 aromatic heterocycles. The molecule has 0 bridgehead atoms. The summed E-state index contributed by atoms with van der Waals surface area (Å²) in [7, 11) is 0. The summed E-state index contributed by atoms with van der Waals surface area (Å²) >= 11 is 0. The van der Waals surface area contributed by atoms with Gasteiger partial charge in [0, 0.05) is 37.5 Å². The first-order valence-electron chi connectivity index (χ1n) is 6.64. The van der Waals surface area contributed by atoms with Gasteiger partial charge < -0.3 is 16.0 Å². The minimum absolute atomic E-state index is 0.000404. The molecule has 1 heterocycles. The van der Waals surface area contributed by atoms with Crippen molar-refractivity contribution in [2.45, 2.75) is 58.0 Å². The number of likely N-dealkylation sites (tertiary alicyclic amines) is 1. The van der Waals surface area contributed by atoms with Crippen molar-refractivity contribution in [3.05, 3.63) is 0 Å². The second-order valence-electron chi connectivity index (χ2n) is 5.90. The van der Waals surface area contributed by atoms with Gasteiger partial charge in [-0.2, -0.15) is 0 Å². The lowest BCUT2D eigenvalue weighted by Gasteiger charge is -2.23. The molecule has 1 saturated heterocycles. The summed E-state index contributed by atoms with van der Waals surface area (Å²) in [5.74, 6) is 0.201. The number of nitrogens with two attached hydrogens (primary N) is 1. The van der Waals surface area contributed by atoms with E-state index in [1.807, 2.05) is 25.7 Å². The fourth-order valence-electron chi connectivity index (χ4n) is 2.06. The number of rotatable bonds is 6. The lowest BCUT2D eigenvalue weighted by molar-refractivity contribution is -0.129. The molecule has 0 radical (unpaired) electrons. The van der Waals surface area contributed by atoms with E-state index in [1.54, 1.807) is 0 Å². The number of carbonyl (C=O) groups is 2. The Kier molecular flexibility index (Phi) is 5.14. The summed E-state index contributed by atoms with van der Waals surface area (Å²) in [5.41, 5.74) is 5.52. The van der Waals surface area contributed by atoms with E-state index in [9.17, 15) is 9.59 Å². The number of carbonyl (C=O) groups excluding carboxylic acids is 2. The average molecular weight is 255 g/mol. The van der Waals surface area contributed by atoms with E-state index in [0.717, 1.165) is 13.0 Å². The second kappa shape index (κ2) is 6.18. The maximum Gasteiger partial charge on any atom is 0.222 e. The van der Waals surface area contributed by atoms with E-state index >= 15 is 0 Å². The number of hydrogen-bond acceptors (Lipinski definition) is 3. The highest BCUT2D eigenvalue weighted by molar-refractivity contribution is 5.78. The van der Waals surface area contributed by atoms with Crippen molar-refractivity contribution >= 4 is 11.8 Å². The Balaban J connectivity index is 2.25. The first kappa shape index (κ1) is 15.0. The van der Waals surface area contributed by atoms with Gasteiger partial charge in [0.1, 0.15) is 0 Å². The van der Waals surface area contributed by atoms with Gasteiger partial charge in [0.05, 0.1) is 0 Å². The Labute approximate surface area is 109 Å². The van der Waals surface area contributed by atoms with E-state index in [0.29, 0.717) is 25.8 Å². The highest BCUT2D eigenvalue weighted by Crippen LogP contribution is 2.10. The van der Waals surface area contributed by atoms with Crippen LogP contribution in [0.25, 0.3) is 0 Å². The van der Waals surface area contributed by atoms with Crippen molar-refractivity contribution < 1.29 is 9.59 Å². The van der Waals surface area contributed by atoms with Gasteiger partial charge in [-0.3, -0.25) is 9.59 Å². The summed E-state index contributed by atoms with van der Waals surface area (Å²) in [6.07, 6.45) is 2.67. The molecule has 5 heteroatoms. The largest absolute Gasteiger partial charge is 0.352 e. The third-order valence-electron chi connectivity index (χ3n) is 3.07. The van der Waals surface area contributed by atoms with E-state index in [-0.39, 0.29) is 23.4 Å². The van der Waals surface area contributed by atoms with Crippen LogP contribution in [0.5, 0.6) is 0 Å².